The van der Waals surface area contributed by atoms with Gasteiger partial charge in [-0.15, -0.1) is 12.6 Å². The molecular formula is C6H6FNS. The molecule has 0 unspecified atom stereocenters. The topological polar surface area (TPSA) is 12.9 Å². The summed E-state index contributed by atoms with van der Waals surface area (Å²) in [6.45, 7) is 1.67. The van der Waals surface area contributed by atoms with Gasteiger partial charge in [-0.05, 0) is 6.92 Å². The molecule has 0 aliphatic rings. The van der Waals surface area contributed by atoms with Crippen molar-refractivity contribution in [1.29, 1.82) is 0 Å². The lowest BCUT2D eigenvalue weighted by atomic mass is 10.3. The summed E-state index contributed by atoms with van der Waals surface area (Å²) in [6.07, 6.45) is 2.69. The summed E-state index contributed by atoms with van der Waals surface area (Å²) in [5, 5.41) is 0. The zero-order chi connectivity index (χ0) is 6.85. The second-order valence-corrected chi connectivity index (χ2v) is 2.25. The molecule has 0 saturated carbocycles. The van der Waals surface area contributed by atoms with E-state index in [1.807, 2.05) is 0 Å². The molecule has 3 heteroatoms. The molecule has 0 atom stereocenters. The Balaban J connectivity index is 3.25. The molecule has 0 aromatic carbocycles. The molecule has 1 heterocycles. The Labute approximate surface area is 58.3 Å². The van der Waals surface area contributed by atoms with E-state index in [1.54, 1.807) is 6.92 Å². The van der Waals surface area contributed by atoms with Crippen LogP contribution in [0.1, 0.15) is 5.56 Å². The first-order valence-corrected chi connectivity index (χ1v) is 2.95. The van der Waals surface area contributed by atoms with Crippen molar-refractivity contribution >= 4 is 12.6 Å². The fourth-order valence-corrected chi connectivity index (χ4v) is 0.663. The van der Waals surface area contributed by atoms with Crippen molar-refractivity contribution in [2.24, 2.45) is 0 Å². The van der Waals surface area contributed by atoms with E-state index in [4.69, 9.17) is 0 Å². The van der Waals surface area contributed by atoms with Gasteiger partial charge in [0, 0.05) is 16.7 Å². The van der Waals surface area contributed by atoms with Crippen molar-refractivity contribution in [3.8, 4) is 0 Å². The molecule has 0 amide bonds. The van der Waals surface area contributed by atoms with E-state index in [0.29, 0.717) is 10.5 Å². The van der Waals surface area contributed by atoms with Gasteiger partial charge >= 0.3 is 0 Å². The van der Waals surface area contributed by atoms with Crippen molar-refractivity contribution in [2.45, 2.75) is 11.8 Å². The number of aromatic nitrogens is 1. The van der Waals surface area contributed by atoms with Gasteiger partial charge in [0.05, 0.1) is 6.20 Å². The maximum Gasteiger partial charge on any atom is 0.145 e. The lowest BCUT2D eigenvalue weighted by Gasteiger charge is -1.95. The highest BCUT2D eigenvalue weighted by atomic mass is 32.1. The molecule has 9 heavy (non-hydrogen) atoms. The van der Waals surface area contributed by atoms with E-state index in [2.05, 4.69) is 17.6 Å². The Morgan fingerprint density at radius 3 is 2.67 bits per heavy atom. The van der Waals surface area contributed by atoms with Crippen LogP contribution in [0, 0.1) is 12.7 Å². The second-order valence-electron chi connectivity index (χ2n) is 1.77. The molecule has 1 aromatic heterocycles. The van der Waals surface area contributed by atoms with Crippen molar-refractivity contribution in [3.63, 3.8) is 0 Å². The first kappa shape index (κ1) is 6.55. The highest BCUT2D eigenvalue weighted by molar-refractivity contribution is 7.80. The molecule has 1 rings (SSSR count). The van der Waals surface area contributed by atoms with Crippen molar-refractivity contribution in [3.05, 3.63) is 23.8 Å². The minimum atomic E-state index is -0.303. The quantitative estimate of drug-likeness (QED) is 0.546. The van der Waals surface area contributed by atoms with Crippen LogP contribution in [0.25, 0.3) is 0 Å². The van der Waals surface area contributed by atoms with E-state index >= 15 is 0 Å². The molecule has 0 N–H and O–H groups in total. The van der Waals surface area contributed by atoms with Gasteiger partial charge in [-0.1, -0.05) is 0 Å². The third-order valence-corrected chi connectivity index (χ3v) is 1.58. The lowest BCUT2D eigenvalue weighted by molar-refractivity contribution is 0.606. The highest BCUT2D eigenvalue weighted by Crippen LogP contribution is 2.12. The molecule has 0 spiro atoms. The van der Waals surface area contributed by atoms with Gasteiger partial charge < -0.3 is 0 Å². The van der Waals surface area contributed by atoms with E-state index < -0.39 is 0 Å². The molecule has 0 aliphatic heterocycles. The van der Waals surface area contributed by atoms with E-state index in [-0.39, 0.29) is 5.82 Å². The molecule has 0 fully saturated rings. The SMILES string of the molecule is Cc1c(F)cncc1S. The molecule has 48 valence electrons. The summed E-state index contributed by atoms with van der Waals surface area (Å²) in [7, 11) is 0. The van der Waals surface area contributed by atoms with Gasteiger partial charge in [-0.2, -0.15) is 0 Å². The van der Waals surface area contributed by atoms with Crippen LogP contribution in [0.3, 0.4) is 0 Å². The van der Waals surface area contributed by atoms with E-state index in [0.717, 1.165) is 0 Å². The molecule has 0 bridgehead atoms. The van der Waals surface area contributed by atoms with Gasteiger partial charge in [0.2, 0.25) is 0 Å². The summed E-state index contributed by atoms with van der Waals surface area (Å²) in [5.41, 5.74) is 0.549. The minimum Gasteiger partial charge on any atom is -0.260 e. The summed E-state index contributed by atoms with van der Waals surface area (Å²) >= 11 is 3.97. The van der Waals surface area contributed by atoms with Gasteiger partial charge in [-0.25, -0.2) is 4.39 Å². The number of rotatable bonds is 0. The number of hydrogen-bond donors (Lipinski definition) is 1. The third-order valence-electron chi connectivity index (χ3n) is 1.13. The van der Waals surface area contributed by atoms with E-state index in [1.165, 1.54) is 12.4 Å². The van der Waals surface area contributed by atoms with Gasteiger partial charge in [0.25, 0.3) is 0 Å². The van der Waals surface area contributed by atoms with E-state index in [9.17, 15) is 4.39 Å². The maximum absolute atomic E-state index is 12.5. The summed E-state index contributed by atoms with van der Waals surface area (Å²) in [4.78, 5) is 4.19. The highest BCUT2D eigenvalue weighted by Gasteiger charge is 1.97. The molecule has 0 aliphatic carbocycles. The molecule has 1 aromatic rings. The first-order chi connectivity index (χ1) is 4.22. The van der Waals surface area contributed by atoms with Crippen LogP contribution < -0.4 is 0 Å². The zero-order valence-electron chi connectivity index (χ0n) is 4.93. The van der Waals surface area contributed by atoms with Gasteiger partial charge in [0.1, 0.15) is 5.82 Å². The average Bonchev–Trinajstić information content (AvgIpc) is 1.83. The van der Waals surface area contributed by atoms with Crippen LogP contribution in [0.2, 0.25) is 0 Å². The number of hydrogen-bond acceptors (Lipinski definition) is 2. The summed E-state index contributed by atoms with van der Waals surface area (Å²) in [6, 6.07) is 0. The predicted octanol–water partition coefficient (Wildman–Crippen LogP) is 1.82. The largest absolute Gasteiger partial charge is 0.260 e. The van der Waals surface area contributed by atoms with Crippen LogP contribution in [-0.4, -0.2) is 4.98 Å². The van der Waals surface area contributed by atoms with Crippen LogP contribution in [0.15, 0.2) is 17.3 Å². The Kier molecular flexibility index (Phi) is 1.71. The number of thiol groups is 1. The number of halogens is 1. The molecular weight excluding hydrogens is 137 g/mol. The smallest absolute Gasteiger partial charge is 0.145 e. The monoisotopic (exact) mass is 143 g/mol. The Morgan fingerprint density at radius 1 is 1.56 bits per heavy atom. The van der Waals surface area contributed by atoms with Crippen LogP contribution in [0.5, 0.6) is 0 Å². The van der Waals surface area contributed by atoms with Crippen molar-refractivity contribution in [2.75, 3.05) is 0 Å². The van der Waals surface area contributed by atoms with Crippen LogP contribution >= 0.6 is 12.6 Å². The minimum absolute atomic E-state index is 0.303. The van der Waals surface area contributed by atoms with Gasteiger partial charge in [0.15, 0.2) is 0 Å². The Bertz CT molecular complexity index is 204. The Morgan fingerprint density at radius 2 is 2.22 bits per heavy atom. The standard InChI is InChI=1S/C6H6FNS/c1-4-5(7)2-8-3-6(4)9/h2-3,9H,1H3. The lowest BCUT2D eigenvalue weighted by Crippen LogP contribution is -1.84. The maximum atomic E-state index is 12.5. The van der Waals surface area contributed by atoms with Crippen LogP contribution in [0.4, 0.5) is 4.39 Å². The second kappa shape index (κ2) is 2.35. The van der Waals surface area contributed by atoms with Crippen molar-refractivity contribution < 1.29 is 4.39 Å². The number of pyridine rings is 1. The predicted molar refractivity (Wildman–Crippen MR) is 36.2 cm³/mol. The normalized spacial score (nSPS) is 9.67. The van der Waals surface area contributed by atoms with Crippen LogP contribution in [-0.2, 0) is 0 Å². The van der Waals surface area contributed by atoms with Crippen molar-refractivity contribution in [1.82, 2.24) is 4.98 Å². The summed E-state index contributed by atoms with van der Waals surface area (Å²) in [5.74, 6) is -0.303. The third kappa shape index (κ3) is 1.21. The molecule has 1 nitrogen and oxygen atoms in total. The fourth-order valence-electron chi connectivity index (χ4n) is 0.489. The number of nitrogens with zero attached hydrogens (tertiary/aromatic N) is 1. The molecule has 0 saturated heterocycles. The summed E-state index contributed by atoms with van der Waals surface area (Å²) < 4.78 is 12.5. The first-order valence-electron chi connectivity index (χ1n) is 2.51. The molecule has 0 radical (unpaired) electrons. The van der Waals surface area contributed by atoms with Gasteiger partial charge in [-0.3, -0.25) is 4.98 Å². The zero-order valence-corrected chi connectivity index (χ0v) is 5.82. The average molecular weight is 143 g/mol. The fraction of sp³-hybridized carbons (Fsp3) is 0.167. The Hall–Kier alpha value is -0.570.